The first-order valence-electron chi connectivity index (χ1n) is 7.03. The molecule has 18 heavy (non-hydrogen) atoms. The molecule has 2 nitrogen and oxygen atoms in total. The van der Waals surface area contributed by atoms with Gasteiger partial charge in [-0.3, -0.25) is 11.3 Å². The Morgan fingerprint density at radius 1 is 1.22 bits per heavy atom. The number of hydrogen-bond acceptors (Lipinski definition) is 2. The highest BCUT2D eigenvalue weighted by Crippen LogP contribution is 2.43. The maximum Gasteiger partial charge on any atom is 0.392 e. The van der Waals surface area contributed by atoms with Crippen molar-refractivity contribution >= 4 is 0 Å². The van der Waals surface area contributed by atoms with Crippen LogP contribution in [0.25, 0.3) is 0 Å². The van der Waals surface area contributed by atoms with Crippen molar-refractivity contribution in [1.29, 1.82) is 0 Å². The SMILES string of the molecule is CCCCCC(NN)C1CCCCC1C(F)(F)F. The fourth-order valence-electron chi connectivity index (χ4n) is 3.08. The second kappa shape index (κ2) is 7.34. The second-order valence-corrected chi connectivity index (χ2v) is 5.37. The number of nitrogens with one attached hydrogen (secondary N) is 1. The molecule has 1 saturated carbocycles. The van der Waals surface area contributed by atoms with E-state index in [1.54, 1.807) is 0 Å². The molecule has 0 saturated heterocycles. The summed E-state index contributed by atoms with van der Waals surface area (Å²) in [5, 5.41) is 0. The molecular formula is C13H25F3N2. The number of unbranched alkanes of at least 4 members (excludes halogenated alkanes) is 2. The van der Waals surface area contributed by atoms with Gasteiger partial charge in [-0.1, -0.05) is 39.0 Å². The van der Waals surface area contributed by atoms with E-state index in [1.165, 1.54) is 0 Å². The van der Waals surface area contributed by atoms with E-state index >= 15 is 0 Å². The topological polar surface area (TPSA) is 38.0 Å². The Labute approximate surface area is 107 Å². The molecule has 1 rings (SSSR count). The van der Waals surface area contributed by atoms with Crippen LogP contribution in [0.15, 0.2) is 0 Å². The molecule has 0 aromatic rings. The van der Waals surface area contributed by atoms with Crippen LogP contribution in [0.4, 0.5) is 13.2 Å². The molecule has 108 valence electrons. The van der Waals surface area contributed by atoms with Crippen LogP contribution in [0, 0.1) is 11.8 Å². The first-order valence-corrected chi connectivity index (χ1v) is 7.03. The molecule has 0 aliphatic heterocycles. The zero-order chi connectivity index (χ0) is 13.6. The van der Waals surface area contributed by atoms with Gasteiger partial charge in [0.05, 0.1) is 5.92 Å². The lowest BCUT2D eigenvalue weighted by atomic mass is 9.74. The Kier molecular flexibility index (Phi) is 6.43. The van der Waals surface area contributed by atoms with Crippen LogP contribution in [0.5, 0.6) is 0 Å². The number of hydrogen-bond donors (Lipinski definition) is 2. The highest BCUT2D eigenvalue weighted by atomic mass is 19.4. The third-order valence-corrected chi connectivity index (χ3v) is 4.09. The maximum atomic E-state index is 13.0. The maximum absolute atomic E-state index is 13.0. The van der Waals surface area contributed by atoms with E-state index in [2.05, 4.69) is 12.3 Å². The van der Waals surface area contributed by atoms with Crippen LogP contribution in [-0.2, 0) is 0 Å². The lowest BCUT2D eigenvalue weighted by Gasteiger charge is -2.38. The smallest absolute Gasteiger partial charge is 0.271 e. The molecule has 0 bridgehead atoms. The van der Waals surface area contributed by atoms with Crippen LogP contribution in [0.1, 0.15) is 58.3 Å². The summed E-state index contributed by atoms with van der Waals surface area (Å²) in [6, 6.07) is -0.191. The third kappa shape index (κ3) is 4.43. The van der Waals surface area contributed by atoms with Gasteiger partial charge in [0.15, 0.2) is 0 Å². The predicted octanol–water partition coefficient (Wildman–Crippen LogP) is 3.77. The first-order chi connectivity index (χ1) is 8.50. The molecule has 0 heterocycles. The van der Waals surface area contributed by atoms with E-state index in [1.807, 2.05) is 0 Å². The van der Waals surface area contributed by atoms with Gasteiger partial charge in [-0.2, -0.15) is 13.2 Å². The molecule has 1 fully saturated rings. The van der Waals surface area contributed by atoms with Crippen molar-refractivity contribution in [2.45, 2.75) is 70.5 Å². The Bertz CT molecular complexity index is 231. The van der Waals surface area contributed by atoms with Crippen molar-refractivity contribution in [3.05, 3.63) is 0 Å². The van der Waals surface area contributed by atoms with Crippen molar-refractivity contribution in [3.8, 4) is 0 Å². The summed E-state index contributed by atoms with van der Waals surface area (Å²) >= 11 is 0. The summed E-state index contributed by atoms with van der Waals surface area (Å²) in [4.78, 5) is 0. The predicted molar refractivity (Wildman–Crippen MR) is 66.8 cm³/mol. The van der Waals surface area contributed by atoms with Crippen LogP contribution in [0.3, 0.4) is 0 Å². The lowest BCUT2D eigenvalue weighted by molar-refractivity contribution is -0.199. The fourth-order valence-corrected chi connectivity index (χ4v) is 3.08. The Morgan fingerprint density at radius 2 is 1.89 bits per heavy atom. The summed E-state index contributed by atoms with van der Waals surface area (Å²) in [5.74, 6) is 3.96. The van der Waals surface area contributed by atoms with E-state index in [9.17, 15) is 13.2 Å². The Balaban J connectivity index is 2.62. The molecule has 1 aliphatic rings. The largest absolute Gasteiger partial charge is 0.392 e. The van der Waals surface area contributed by atoms with Gasteiger partial charge in [0, 0.05) is 6.04 Å². The van der Waals surface area contributed by atoms with Gasteiger partial charge in [-0.05, 0) is 25.2 Å². The normalized spacial score (nSPS) is 27.2. The van der Waals surface area contributed by atoms with Crippen LogP contribution < -0.4 is 11.3 Å². The quantitative estimate of drug-likeness (QED) is 0.436. The van der Waals surface area contributed by atoms with Crippen LogP contribution in [-0.4, -0.2) is 12.2 Å². The number of nitrogens with two attached hydrogens (primary N) is 1. The average molecular weight is 266 g/mol. The van der Waals surface area contributed by atoms with Gasteiger partial charge in [0.2, 0.25) is 0 Å². The summed E-state index contributed by atoms with van der Waals surface area (Å²) in [7, 11) is 0. The Hall–Kier alpha value is -0.290. The second-order valence-electron chi connectivity index (χ2n) is 5.37. The van der Waals surface area contributed by atoms with Gasteiger partial charge >= 0.3 is 6.18 Å². The third-order valence-electron chi connectivity index (χ3n) is 4.09. The van der Waals surface area contributed by atoms with Gasteiger partial charge in [0.1, 0.15) is 0 Å². The fraction of sp³-hybridized carbons (Fsp3) is 1.00. The molecule has 0 aromatic heterocycles. The number of hydrazine groups is 1. The van der Waals surface area contributed by atoms with Gasteiger partial charge in [-0.15, -0.1) is 0 Å². The van der Waals surface area contributed by atoms with E-state index in [0.29, 0.717) is 12.8 Å². The van der Waals surface area contributed by atoms with Crippen LogP contribution in [0.2, 0.25) is 0 Å². The zero-order valence-corrected chi connectivity index (χ0v) is 11.1. The van der Waals surface area contributed by atoms with Gasteiger partial charge in [-0.25, -0.2) is 0 Å². The number of alkyl halides is 3. The zero-order valence-electron chi connectivity index (χ0n) is 11.1. The molecule has 0 radical (unpaired) electrons. The van der Waals surface area contributed by atoms with Gasteiger partial charge in [0.25, 0.3) is 0 Å². The number of halogens is 3. The molecule has 3 atom stereocenters. The molecule has 3 N–H and O–H groups in total. The minimum absolute atomic E-state index is 0.191. The molecule has 3 unspecified atom stereocenters. The van der Waals surface area contributed by atoms with Crippen LogP contribution >= 0.6 is 0 Å². The van der Waals surface area contributed by atoms with E-state index in [0.717, 1.165) is 32.1 Å². The molecule has 0 amide bonds. The minimum Gasteiger partial charge on any atom is -0.271 e. The van der Waals surface area contributed by atoms with Crippen molar-refractivity contribution in [2.75, 3.05) is 0 Å². The highest BCUT2D eigenvalue weighted by Gasteiger charge is 2.47. The molecule has 1 aliphatic carbocycles. The minimum atomic E-state index is -4.08. The summed E-state index contributed by atoms with van der Waals surface area (Å²) in [6.45, 7) is 2.09. The standard InChI is InChI=1S/C13H25F3N2/c1-2-3-4-9-12(18-17)10-7-5-6-8-11(10)13(14,15)16/h10-12,18H,2-9,17H2,1H3. The van der Waals surface area contributed by atoms with Gasteiger partial charge < -0.3 is 0 Å². The van der Waals surface area contributed by atoms with E-state index < -0.39 is 12.1 Å². The van der Waals surface area contributed by atoms with E-state index in [-0.39, 0.29) is 18.4 Å². The Morgan fingerprint density at radius 3 is 2.44 bits per heavy atom. The summed E-state index contributed by atoms with van der Waals surface area (Å²) < 4.78 is 39.0. The summed E-state index contributed by atoms with van der Waals surface area (Å²) in [6.07, 6.45) is 2.24. The lowest BCUT2D eigenvalue weighted by Crippen LogP contribution is -2.48. The van der Waals surface area contributed by atoms with Crippen molar-refractivity contribution in [3.63, 3.8) is 0 Å². The molecule has 5 heteroatoms. The van der Waals surface area contributed by atoms with Crippen molar-refractivity contribution < 1.29 is 13.2 Å². The molecule has 0 spiro atoms. The summed E-state index contributed by atoms with van der Waals surface area (Å²) in [5.41, 5.74) is 2.63. The molecular weight excluding hydrogens is 241 g/mol. The first kappa shape index (κ1) is 15.8. The monoisotopic (exact) mass is 266 g/mol. The average Bonchev–Trinajstić information content (AvgIpc) is 2.34. The molecule has 0 aromatic carbocycles. The van der Waals surface area contributed by atoms with Crippen molar-refractivity contribution in [1.82, 2.24) is 5.43 Å². The van der Waals surface area contributed by atoms with Crippen molar-refractivity contribution in [2.24, 2.45) is 17.7 Å². The van der Waals surface area contributed by atoms with E-state index in [4.69, 9.17) is 5.84 Å². The highest BCUT2D eigenvalue weighted by molar-refractivity contribution is 4.87. The number of rotatable bonds is 6.